The van der Waals surface area contributed by atoms with Crippen molar-refractivity contribution in [3.05, 3.63) is 29.8 Å². The molecule has 0 aromatic heterocycles. The van der Waals surface area contributed by atoms with Crippen LogP contribution in [0.25, 0.3) is 0 Å². The largest absolute Gasteiger partial charge is 0.508 e. The van der Waals surface area contributed by atoms with E-state index in [1.54, 1.807) is 12.1 Å². The molecule has 3 unspecified atom stereocenters. The summed E-state index contributed by atoms with van der Waals surface area (Å²) in [4.78, 5) is 26.0. The molecule has 3 aliphatic rings. The van der Waals surface area contributed by atoms with Crippen LogP contribution in [-0.2, 0) is 9.59 Å². The Morgan fingerprint density at radius 3 is 2.19 bits per heavy atom. The number of piperidine rings is 1. The number of carbonyl (C=O) groups is 2. The van der Waals surface area contributed by atoms with Gasteiger partial charge >= 0.3 is 0 Å². The van der Waals surface area contributed by atoms with Crippen LogP contribution in [-0.4, -0.2) is 41.5 Å². The molecule has 172 valence electrons. The minimum absolute atomic E-state index is 0.0216. The Balaban J connectivity index is 0.000000478. The molecule has 5 heteroatoms. The summed E-state index contributed by atoms with van der Waals surface area (Å²) in [5, 5.41) is 12.4. The van der Waals surface area contributed by atoms with Crippen LogP contribution in [0.15, 0.2) is 24.3 Å². The van der Waals surface area contributed by atoms with Crippen molar-refractivity contribution < 1.29 is 14.7 Å². The van der Waals surface area contributed by atoms with Gasteiger partial charge in [-0.1, -0.05) is 70.9 Å². The number of hydrogen-bond donors (Lipinski definition) is 2. The van der Waals surface area contributed by atoms with Crippen molar-refractivity contribution in [1.82, 2.24) is 10.2 Å². The lowest BCUT2D eigenvalue weighted by Gasteiger charge is -2.46. The molecule has 1 aliphatic heterocycles. The van der Waals surface area contributed by atoms with Crippen LogP contribution < -0.4 is 5.32 Å². The van der Waals surface area contributed by atoms with Crippen molar-refractivity contribution in [2.24, 2.45) is 11.3 Å². The smallest absolute Gasteiger partial charge is 0.227 e. The van der Waals surface area contributed by atoms with Gasteiger partial charge in [0.15, 0.2) is 0 Å². The quantitative estimate of drug-likeness (QED) is 0.664. The summed E-state index contributed by atoms with van der Waals surface area (Å²) in [5.41, 5.74) is 1.19. The highest BCUT2D eigenvalue weighted by Crippen LogP contribution is 2.43. The van der Waals surface area contributed by atoms with Gasteiger partial charge in [-0.05, 0) is 48.3 Å². The van der Waals surface area contributed by atoms with E-state index in [4.69, 9.17) is 0 Å². The molecule has 2 saturated carbocycles. The van der Waals surface area contributed by atoms with Crippen LogP contribution in [0.4, 0.5) is 0 Å². The molecule has 2 N–H and O–H groups in total. The van der Waals surface area contributed by atoms with Crippen LogP contribution in [0.1, 0.15) is 89.5 Å². The Morgan fingerprint density at radius 1 is 1.00 bits per heavy atom. The highest BCUT2D eigenvalue weighted by molar-refractivity contribution is 5.80. The Kier molecular flexibility index (Phi) is 8.39. The molecule has 3 atom stereocenters. The van der Waals surface area contributed by atoms with E-state index in [1.165, 1.54) is 37.7 Å². The van der Waals surface area contributed by atoms with Crippen LogP contribution >= 0.6 is 0 Å². The topological polar surface area (TPSA) is 69.6 Å². The lowest BCUT2D eigenvalue weighted by Crippen LogP contribution is -2.53. The van der Waals surface area contributed by atoms with Gasteiger partial charge in [0, 0.05) is 19.1 Å². The SMILES string of the molecule is C1CCCC1.CC1(C)CN(C(=O)C2CCCCC2NC=O)CCC1c1ccc(O)cc1. The first-order valence-electron chi connectivity index (χ1n) is 12.2. The maximum Gasteiger partial charge on any atom is 0.227 e. The Morgan fingerprint density at radius 2 is 1.61 bits per heavy atom. The number of likely N-dealkylation sites (tertiary alicyclic amines) is 1. The zero-order chi connectivity index (χ0) is 22.3. The van der Waals surface area contributed by atoms with Crippen molar-refractivity contribution in [1.29, 1.82) is 0 Å². The highest BCUT2D eigenvalue weighted by Gasteiger charge is 2.41. The number of benzene rings is 1. The number of amides is 2. The number of nitrogens with zero attached hydrogens (tertiary/aromatic N) is 1. The molecule has 31 heavy (non-hydrogen) atoms. The van der Waals surface area contributed by atoms with E-state index in [-0.39, 0.29) is 29.0 Å². The van der Waals surface area contributed by atoms with Crippen LogP contribution in [0.5, 0.6) is 5.75 Å². The number of rotatable bonds is 4. The summed E-state index contributed by atoms with van der Waals surface area (Å²) >= 11 is 0. The van der Waals surface area contributed by atoms with Crippen molar-refractivity contribution >= 4 is 12.3 Å². The maximum absolute atomic E-state index is 13.2. The summed E-state index contributed by atoms with van der Waals surface area (Å²) in [6.07, 6.45) is 13.0. The molecule has 1 aromatic carbocycles. The van der Waals surface area contributed by atoms with E-state index < -0.39 is 0 Å². The predicted octanol–water partition coefficient (Wildman–Crippen LogP) is 4.99. The standard InChI is InChI=1S/C21H30N2O3.C5H10/c1-21(2)13-23(12-11-18(21)15-7-9-16(25)10-8-15)20(26)17-5-3-4-6-19(17)22-14-24;1-2-4-5-3-1/h7-10,14,17-19,25H,3-6,11-13H2,1-2H3,(H,22,24);1-5H2. The number of phenolic OH excluding ortho intramolecular Hbond substituents is 1. The molecule has 1 saturated heterocycles. The molecule has 5 nitrogen and oxygen atoms in total. The second kappa shape index (κ2) is 11.0. The summed E-state index contributed by atoms with van der Waals surface area (Å²) in [7, 11) is 0. The molecule has 3 fully saturated rings. The third-order valence-corrected chi connectivity index (χ3v) is 7.45. The number of aromatic hydroxyl groups is 1. The average Bonchev–Trinajstić information content (AvgIpc) is 3.34. The summed E-state index contributed by atoms with van der Waals surface area (Å²) in [6.45, 7) is 5.90. The Bertz CT molecular complexity index is 704. The summed E-state index contributed by atoms with van der Waals surface area (Å²) in [6, 6.07) is 7.43. The van der Waals surface area contributed by atoms with Gasteiger partial charge in [-0.25, -0.2) is 0 Å². The number of phenols is 1. The van der Waals surface area contributed by atoms with Gasteiger partial charge in [0.1, 0.15) is 5.75 Å². The van der Waals surface area contributed by atoms with Gasteiger partial charge in [-0.15, -0.1) is 0 Å². The molecule has 0 spiro atoms. The van der Waals surface area contributed by atoms with Crippen molar-refractivity contribution in [2.75, 3.05) is 13.1 Å². The minimum atomic E-state index is -0.0880. The molecule has 4 rings (SSSR count). The fourth-order valence-electron chi connectivity index (χ4n) is 5.70. The van der Waals surface area contributed by atoms with E-state index in [0.29, 0.717) is 5.92 Å². The predicted molar refractivity (Wildman–Crippen MR) is 124 cm³/mol. The van der Waals surface area contributed by atoms with Crippen molar-refractivity contribution in [2.45, 2.75) is 90.0 Å². The fourth-order valence-corrected chi connectivity index (χ4v) is 5.70. The monoisotopic (exact) mass is 428 g/mol. The van der Waals surface area contributed by atoms with Crippen LogP contribution in [0.3, 0.4) is 0 Å². The zero-order valence-corrected chi connectivity index (χ0v) is 19.3. The maximum atomic E-state index is 13.2. The Labute approximate surface area is 187 Å². The first-order chi connectivity index (χ1) is 14.9. The lowest BCUT2D eigenvalue weighted by atomic mass is 9.70. The van der Waals surface area contributed by atoms with Gasteiger partial charge in [-0.2, -0.15) is 0 Å². The van der Waals surface area contributed by atoms with Gasteiger partial charge < -0.3 is 15.3 Å². The van der Waals surface area contributed by atoms with Crippen LogP contribution in [0, 0.1) is 11.3 Å². The first-order valence-corrected chi connectivity index (χ1v) is 12.2. The highest BCUT2D eigenvalue weighted by atomic mass is 16.3. The molecular formula is C26H40N2O3. The normalized spacial score (nSPS) is 27.7. The number of carbonyl (C=O) groups excluding carboxylic acids is 2. The van der Waals surface area contributed by atoms with Gasteiger partial charge in [0.2, 0.25) is 12.3 Å². The van der Waals surface area contributed by atoms with Gasteiger partial charge in [-0.3, -0.25) is 9.59 Å². The second-order valence-electron chi connectivity index (χ2n) is 10.2. The van der Waals surface area contributed by atoms with E-state index in [0.717, 1.165) is 51.6 Å². The van der Waals surface area contributed by atoms with E-state index in [9.17, 15) is 14.7 Å². The second-order valence-corrected chi connectivity index (χ2v) is 10.2. The van der Waals surface area contributed by atoms with Gasteiger partial charge in [0.05, 0.1) is 5.92 Å². The van der Waals surface area contributed by atoms with E-state index in [1.807, 2.05) is 17.0 Å². The molecule has 2 amide bonds. The molecule has 0 bridgehead atoms. The lowest BCUT2D eigenvalue weighted by molar-refractivity contribution is -0.141. The van der Waals surface area contributed by atoms with Gasteiger partial charge in [0.25, 0.3) is 0 Å². The Hall–Kier alpha value is -2.04. The summed E-state index contributed by atoms with van der Waals surface area (Å²) < 4.78 is 0. The summed E-state index contributed by atoms with van der Waals surface area (Å²) in [5.74, 6) is 0.754. The zero-order valence-electron chi connectivity index (χ0n) is 19.3. The first kappa shape index (κ1) is 23.6. The molecule has 0 radical (unpaired) electrons. The molecular weight excluding hydrogens is 388 g/mol. The minimum Gasteiger partial charge on any atom is -0.508 e. The van der Waals surface area contributed by atoms with E-state index >= 15 is 0 Å². The number of nitrogens with one attached hydrogen (secondary N) is 1. The molecule has 1 aromatic rings. The van der Waals surface area contributed by atoms with Crippen LogP contribution in [0.2, 0.25) is 0 Å². The molecule has 1 heterocycles. The van der Waals surface area contributed by atoms with Crippen molar-refractivity contribution in [3.8, 4) is 5.75 Å². The fraction of sp³-hybridized carbons (Fsp3) is 0.692. The third-order valence-electron chi connectivity index (χ3n) is 7.45. The van der Waals surface area contributed by atoms with Crippen molar-refractivity contribution in [3.63, 3.8) is 0 Å². The molecule has 2 aliphatic carbocycles. The van der Waals surface area contributed by atoms with E-state index in [2.05, 4.69) is 19.2 Å². The number of hydrogen-bond acceptors (Lipinski definition) is 3. The average molecular weight is 429 g/mol. The third kappa shape index (κ3) is 6.24.